The van der Waals surface area contributed by atoms with Crippen LogP contribution in [0.4, 0.5) is 5.69 Å². The molecule has 5 heteroatoms. The van der Waals surface area contributed by atoms with Crippen molar-refractivity contribution in [3.05, 3.63) is 29.3 Å². The zero-order valence-corrected chi connectivity index (χ0v) is 14.8. The van der Waals surface area contributed by atoms with Gasteiger partial charge in [0.25, 0.3) is 5.91 Å². The minimum atomic E-state index is -0.763. The predicted molar refractivity (Wildman–Crippen MR) is 93.1 cm³/mol. The number of ether oxygens (including phenoxy) is 1. The molecule has 0 saturated carbocycles. The highest BCUT2D eigenvalue weighted by Gasteiger charge is 2.41. The average molecular weight is 330 g/mol. The molecule has 0 bridgehead atoms. The summed E-state index contributed by atoms with van der Waals surface area (Å²) in [4.78, 5) is 28.9. The highest BCUT2D eigenvalue weighted by molar-refractivity contribution is 5.99. The van der Waals surface area contributed by atoms with Crippen molar-refractivity contribution in [1.29, 1.82) is 0 Å². The van der Waals surface area contributed by atoms with Gasteiger partial charge in [-0.3, -0.25) is 9.59 Å². The van der Waals surface area contributed by atoms with Crippen LogP contribution in [0.15, 0.2) is 18.2 Å². The van der Waals surface area contributed by atoms with Crippen LogP contribution in [0.2, 0.25) is 0 Å². The molecule has 1 atom stereocenters. The summed E-state index contributed by atoms with van der Waals surface area (Å²) in [5, 5.41) is 0. The summed E-state index contributed by atoms with van der Waals surface area (Å²) in [6.45, 7) is 7.75. The molecule has 2 heterocycles. The molecule has 2 aliphatic heterocycles. The fraction of sp³-hybridized carbons (Fsp3) is 0.579. The predicted octanol–water partition coefficient (Wildman–Crippen LogP) is 2.44. The Hall–Kier alpha value is -1.88. The van der Waals surface area contributed by atoms with Crippen LogP contribution in [0.1, 0.15) is 37.3 Å². The van der Waals surface area contributed by atoms with Crippen LogP contribution >= 0.6 is 0 Å². The Morgan fingerprint density at radius 2 is 1.83 bits per heavy atom. The van der Waals surface area contributed by atoms with E-state index in [0.717, 1.165) is 36.1 Å². The zero-order chi connectivity index (χ0) is 17.3. The van der Waals surface area contributed by atoms with E-state index in [0.29, 0.717) is 19.7 Å². The molecular formula is C19H26N2O3. The molecule has 0 aliphatic carbocycles. The van der Waals surface area contributed by atoms with Gasteiger partial charge in [-0.05, 0) is 63.3 Å². The molecule has 3 rings (SSSR count). The first-order valence-corrected chi connectivity index (χ1v) is 8.71. The average Bonchev–Trinajstić information content (AvgIpc) is 2.53. The number of hydrogen-bond acceptors (Lipinski definition) is 3. The van der Waals surface area contributed by atoms with Gasteiger partial charge in [0.2, 0.25) is 5.91 Å². The quantitative estimate of drug-likeness (QED) is 0.837. The fourth-order valence-electron chi connectivity index (χ4n) is 3.66. The molecule has 1 aromatic rings. The molecule has 5 nitrogen and oxygen atoms in total. The number of nitrogens with zero attached hydrogens (tertiary/aromatic N) is 2. The van der Waals surface area contributed by atoms with Gasteiger partial charge in [0.1, 0.15) is 12.1 Å². The molecule has 1 aromatic carbocycles. The Labute approximate surface area is 143 Å². The maximum atomic E-state index is 12.8. The molecule has 2 fully saturated rings. The van der Waals surface area contributed by atoms with Crippen molar-refractivity contribution in [2.45, 2.75) is 45.6 Å². The Bertz CT molecular complexity index is 630. The van der Waals surface area contributed by atoms with E-state index in [-0.39, 0.29) is 18.4 Å². The summed E-state index contributed by atoms with van der Waals surface area (Å²) in [5.41, 5.74) is 2.43. The summed E-state index contributed by atoms with van der Waals surface area (Å²) in [5.74, 6) is -0.0744. The van der Waals surface area contributed by atoms with Crippen LogP contribution in [-0.4, -0.2) is 48.6 Å². The van der Waals surface area contributed by atoms with Crippen LogP contribution < -0.4 is 4.90 Å². The molecule has 0 aromatic heterocycles. The first kappa shape index (κ1) is 17.0. The zero-order valence-electron chi connectivity index (χ0n) is 14.8. The lowest BCUT2D eigenvalue weighted by Crippen LogP contribution is -2.58. The van der Waals surface area contributed by atoms with E-state index < -0.39 is 5.60 Å². The van der Waals surface area contributed by atoms with Crippen molar-refractivity contribution < 1.29 is 14.3 Å². The van der Waals surface area contributed by atoms with Crippen molar-refractivity contribution >= 4 is 17.5 Å². The Morgan fingerprint density at radius 3 is 2.42 bits per heavy atom. The Balaban J connectivity index is 1.71. The topological polar surface area (TPSA) is 49.9 Å². The summed E-state index contributed by atoms with van der Waals surface area (Å²) >= 11 is 0. The maximum absolute atomic E-state index is 12.8. The molecule has 0 spiro atoms. The van der Waals surface area contributed by atoms with Crippen molar-refractivity contribution in [2.75, 3.05) is 31.1 Å². The third-order valence-electron chi connectivity index (χ3n) is 4.95. The highest BCUT2D eigenvalue weighted by Crippen LogP contribution is 2.28. The first-order chi connectivity index (χ1) is 11.4. The van der Waals surface area contributed by atoms with Crippen molar-refractivity contribution in [1.82, 2.24) is 4.90 Å². The summed E-state index contributed by atoms with van der Waals surface area (Å²) in [7, 11) is 0. The number of carbonyl (C=O) groups excluding carboxylic acids is 2. The van der Waals surface area contributed by atoms with Crippen molar-refractivity contribution in [3.8, 4) is 0 Å². The van der Waals surface area contributed by atoms with E-state index in [1.54, 1.807) is 9.80 Å². The molecule has 1 unspecified atom stereocenters. The van der Waals surface area contributed by atoms with Crippen LogP contribution in [-0.2, 0) is 14.3 Å². The van der Waals surface area contributed by atoms with E-state index >= 15 is 0 Å². The maximum Gasteiger partial charge on any atom is 0.255 e. The van der Waals surface area contributed by atoms with Gasteiger partial charge in [0.15, 0.2) is 0 Å². The number of hydrogen-bond donors (Lipinski definition) is 0. The number of benzene rings is 1. The molecular weight excluding hydrogens is 304 g/mol. The van der Waals surface area contributed by atoms with E-state index in [2.05, 4.69) is 6.07 Å². The number of anilines is 1. The van der Waals surface area contributed by atoms with Gasteiger partial charge in [-0.25, -0.2) is 0 Å². The van der Waals surface area contributed by atoms with Crippen LogP contribution in [0.25, 0.3) is 0 Å². The van der Waals surface area contributed by atoms with Crippen molar-refractivity contribution in [3.63, 3.8) is 0 Å². The Kier molecular flexibility index (Phi) is 4.63. The van der Waals surface area contributed by atoms with Crippen LogP contribution in [0, 0.1) is 13.8 Å². The lowest BCUT2D eigenvalue weighted by Gasteiger charge is -2.40. The van der Waals surface area contributed by atoms with Gasteiger partial charge in [-0.1, -0.05) is 6.07 Å². The number of aryl methyl sites for hydroxylation is 2. The molecule has 2 amide bonds. The number of piperazine rings is 1. The standard InChI is InChI=1S/C19H26N2O3/c1-14-10-15(2)12-16(11-14)21-8-7-20(13-17(21)22)18(23)19(3)6-4-5-9-24-19/h10-12H,4-9,13H2,1-3H3. The SMILES string of the molecule is Cc1cc(C)cc(N2CCN(C(=O)C3(C)CCCCO3)CC2=O)c1. The first-order valence-electron chi connectivity index (χ1n) is 8.71. The van der Waals surface area contributed by atoms with Gasteiger partial charge < -0.3 is 14.5 Å². The number of amides is 2. The molecule has 2 saturated heterocycles. The number of carbonyl (C=O) groups is 2. The Morgan fingerprint density at radius 1 is 1.12 bits per heavy atom. The molecule has 24 heavy (non-hydrogen) atoms. The van der Waals surface area contributed by atoms with Crippen molar-refractivity contribution in [2.24, 2.45) is 0 Å². The van der Waals surface area contributed by atoms with Gasteiger partial charge in [-0.2, -0.15) is 0 Å². The second-order valence-corrected chi connectivity index (χ2v) is 7.15. The molecule has 0 N–H and O–H groups in total. The summed E-state index contributed by atoms with van der Waals surface area (Å²) in [6.07, 6.45) is 2.73. The van der Waals surface area contributed by atoms with Gasteiger partial charge in [-0.15, -0.1) is 0 Å². The minimum Gasteiger partial charge on any atom is -0.365 e. The third-order valence-corrected chi connectivity index (χ3v) is 4.95. The van der Waals surface area contributed by atoms with Crippen LogP contribution in [0.3, 0.4) is 0 Å². The van der Waals surface area contributed by atoms with Crippen LogP contribution in [0.5, 0.6) is 0 Å². The second kappa shape index (κ2) is 6.55. The van der Waals surface area contributed by atoms with Gasteiger partial charge in [0.05, 0.1) is 0 Å². The minimum absolute atomic E-state index is 0.0287. The van der Waals surface area contributed by atoms with Gasteiger partial charge >= 0.3 is 0 Å². The summed E-state index contributed by atoms with van der Waals surface area (Å²) < 4.78 is 5.74. The lowest BCUT2D eigenvalue weighted by molar-refractivity contribution is -0.163. The van der Waals surface area contributed by atoms with Gasteiger partial charge in [0, 0.05) is 25.4 Å². The van der Waals surface area contributed by atoms with E-state index in [9.17, 15) is 9.59 Å². The normalized spacial score (nSPS) is 25.0. The van der Waals surface area contributed by atoms with E-state index in [1.807, 2.05) is 32.9 Å². The van der Waals surface area contributed by atoms with E-state index in [1.165, 1.54) is 0 Å². The smallest absolute Gasteiger partial charge is 0.255 e. The largest absolute Gasteiger partial charge is 0.365 e. The summed E-state index contributed by atoms with van der Waals surface area (Å²) in [6, 6.07) is 6.14. The highest BCUT2D eigenvalue weighted by atomic mass is 16.5. The third kappa shape index (κ3) is 3.31. The lowest BCUT2D eigenvalue weighted by atomic mass is 9.94. The number of rotatable bonds is 2. The molecule has 130 valence electrons. The monoisotopic (exact) mass is 330 g/mol. The molecule has 0 radical (unpaired) electrons. The van der Waals surface area contributed by atoms with E-state index in [4.69, 9.17) is 4.74 Å². The molecule has 2 aliphatic rings. The fourth-order valence-corrected chi connectivity index (χ4v) is 3.66. The second-order valence-electron chi connectivity index (χ2n) is 7.15.